The Morgan fingerprint density at radius 1 is 1.15 bits per heavy atom. The monoisotopic (exact) mass is 473 g/mol. The Morgan fingerprint density at radius 2 is 1.97 bits per heavy atom. The van der Waals surface area contributed by atoms with E-state index in [1.165, 1.54) is 18.9 Å². The van der Waals surface area contributed by atoms with E-state index >= 15 is 0 Å². The van der Waals surface area contributed by atoms with Gasteiger partial charge in [0.25, 0.3) is 5.91 Å². The average molecular weight is 473 g/mol. The van der Waals surface area contributed by atoms with Crippen molar-refractivity contribution in [3.8, 4) is 28.1 Å². The summed E-state index contributed by atoms with van der Waals surface area (Å²) in [6, 6.07) is 5.27. The average Bonchev–Trinajstić information content (AvgIpc) is 3.33. The lowest BCUT2D eigenvalue weighted by Crippen LogP contribution is -2.33. The smallest absolute Gasteiger partial charge is 0.405 e. The first kappa shape index (κ1) is 21.4. The third-order valence-corrected chi connectivity index (χ3v) is 6.10. The highest BCUT2D eigenvalue weighted by Crippen LogP contribution is 2.31. The van der Waals surface area contributed by atoms with E-state index in [9.17, 15) is 18.0 Å². The number of hydrogen-bond acceptors (Lipinski definition) is 6. The summed E-state index contributed by atoms with van der Waals surface area (Å²) in [6.07, 6.45) is 4.82. The van der Waals surface area contributed by atoms with Crippen molar-refractivity contribution in [2.24, 2.45) is 5.92 Å². The summed E-state index contributed by atoms with van der Waals surface area (Å²) < 4.78 is 44.3. The lowest BCUT2D eigenvalue weighted by atomic mass is 10.1. The van der Waals surface area contributed by atoms with Gasteiger partial charge in [-0.2, -0.15) is 18.3 Å². The molecular formula is C22H18F3N5O2S. The highest BCUT2D eigenvalue weighted by atomic mass is 32.1. The molecule has 0 spiro atoms. The van der Waals surface area contributed by atoms with E-state index in [1.54, 1.807) is 28.5 Å². The maximum Gasteiger partial charge on any atom is 0.405 e. The number of thiophene rings is 1. The molecule has 1 aliphatic carbocycles. The van der Waals surface area contributed by atoms with Crippen LogP contribution in [0.4, 0.5) is 13.2 Å². The van der Waals surface area contributed by atoms with Crippen LogP contribution in [0.1, 0.15) is 22.5 Å². The fourth-order valence-corrected chi connectivity index (χ4v) is 4.04. The third kappa shape index (κ3) is 4.98. The van der Waals surface area contributed by atoms with Crippen LogP contribution in [0.2, 0.25) is 0 Å². The molecular weight excluding hydrogens is 455 g/mol. The van der Waals surface area contributed by atoms with Gasteiger partial charge in [-0.1, -0.05) is 0 Å². The number of ether oxygens (including phenoxy) is 1. The van der Waals surface area contributed by atoms with Crippen LogP contribution in [0.25, 0.3) is 27.9 Å². The summed E-state index contributed by atoms with van der Waals surface area (Å²) in [5.41, 5.74) is 3.58. The van der Waals surface area contributed by atoms with Gasteiger partial charge < -0.3 is 10.1 Å². The molecule has 4 aromatic heterocycles. The molecule has 1 N–H and O–H groups in total. The van der Waals surface area contributed by atoms with E-state index in [4.69, 9.17) is 4.74 Å². The Kier molecular flexibility index (Phi) is 5.49. The number of carbonyl (C=O) groups is 1. The highest BCUT2D eigenvalue weighted by Gasteiger charge is 2.28. The number of fused-ring (bicyclic) bond motifs is 1. The lowest BCUT2D eigenvalue weighted by molar-refractivity contribution is -0.123. The minimum Gasteiger partial charge on any atom is -0.477 e. The predicted octanol–water partition coefficient (Wildman–Crippen LogP) is 4.60. The van der Waals surface area contributed by atoms with E-state index in [0.717, 1.165) is 22.5 Å². The highest BCUT2D eigenvalue weighted by molar-refractivity contribution is 7.12. The number of alkyl halides is 3. The maximum absolute atomic E-state index is 12.3. The molecule has 0 unspecified atom stereocenters. The standard InChI is InChI=1S/C22H18F3N5O2S/c23-22(24,25)12-28-21(31)18-5-15(11-33-18)17-8-29-30-9-16(7-27-20(17)30)14-3-4-19(26-6-14)32-10-13-1-2-13/h3-9,11,13H,1-2,10,12H2,(H,28,31). The number of amides is 1. The second-order valence-corrected chi connectivity index (χ2v) is 8.72. The Labute approximate surface area is 190 Å². The Balaban J connectivity index is 1.32. The molecule has 0 bridgehead atoms. The molecule has 1 saturated carbocycles. The second kappa shape index (κ2) is 8.47. The van der Waals surface area contributed by atoms with Gasteiger partial charge in [-0.05, 0) is 41.8 Å². The Bertz CT molecular complexity index is 1300. The van der Waals surface area contributed by atoms with E-state index in [2.05, 4.69) is 15.1 Å². The summed E-state index contributed by atoms with van der Waals surface area (Å²) >= 11 is 1.06. The predicted molar refractivity (Wildman–Crippen MR) is 116 cm³/mol. The SMILES string of the molecule is O=C(NCC(F)(F)F)c1cc(-c2cnn3cc(-c4ccc(OCC5CC5)nc4)cnc23)cs1. The molecule has 1 aliphatic rings. The van der Waals surface area contributed by atoms with E-state index in [0.29, 0.717) is 35.2 Å². The summed E-state index contributed by atoms with van der Waals surface area (Å²) in [5, 5.41) is 7.91. The number of hydrogen-bond donors (Lipinski definition) is 1. The van der Waals surface area contributed by atoms with Crippen LogP contribution in [-0.4, -0.2) is 44.8 Å². The van der Waals surface area contributed by atoms with Gasteiger partial charge in [0.2, 0.25) is 5.88 Å². The molecule has 5 rings (SSSR count). The number of nitrogens with zero attached hydrogens (tertiary/aromatic N) is 4. The summed E-state index contributed by atoms with van der Waals surface area (Å²) in [4.78, 5) is 21.0. The van der Waals surface area contributed by atoms with Crippen molar-refractivity contribution in [1.29, 1.82) is 0 Å². The summed E-state index contributed by atoms with van der Waals surface area (Å²) in [5.74, 6) is 0.474. The van der Waals surface area contributed by atoms with Gasteiger partial charge >= 0.3 is 6.18 Å². The van der Waals surface area contributed by atoms with Gasteiger partial charge in [-0.15, -0.1) is 11.3 Å². The Hall–Kier alpha value is -3.47. The molecule has 11 heteroatoms. The number of pyridine rings is 1. The molecule has 1 fully saturated rings. The molecule has 0 radical (unpaired) electrons. The number of aromatic nitrogens is 4. The molecule has 1 amide bonds. The zero-order valence-electron chi connectivity index (χ0n) is 17.2. The van der Waals surface area contributed by atoms with E-state index < -0.39 is 18.6 Å². The van der Waals surface area contributed by atoms with Gasteiger partial charge in [0.05, 0.1) is 17.7 Å². The van der Waals surface area contributed by atoms with E-state index in [-0.39, 0.29) is 4.88 Å². The molecule has 0 atom stereocenters. The maximum atomic E-state index is 12.3. The molecule has 0 aromatic carbocycles. The van der Waals surface area contributed by atoms with Crippen LogP contribution in [0.3, 0.4) is 0 Å². The van der Waals surface area contributed by atoms with Crippen molar-refractivity contribution >= 4 is 22.9 Å². The van der Waals surface area contributed by atoms with Gasteiger partial charge in [0.15, 0.2) is 5.65 Å². The van der Waals surface area contributed by atoms with Gasteiger partial charge in [-0.3, -0.25) is 4.79 Å². The van der Waals surface area contributed by atoms with Crippen molar-refractivity contribution in [2.75, 3.05) is 13.2 Å². The molecule has 0 aliphatic heterocycles. The number of nitrogens with one attached hydrogen (secondary N) is 1. The largest absolute Gasteiger partial charge is 0.477 e. The second-order valence-electron chi connectivity index (χ2n) is 7.81. The minimum absolute atomic E-state index is 0.181. The topological polar surface area (TPSA) is 81.4 Å². The zero-order valence-corrected chi connectivity index (χ0v) is 18.0. The minimum atomic E-state index is -4.46. The molecule has 0 saturated heterocycles. The molecule has 4 aromatic rings. The van der Waals surface area contributed by atoms with Crippen LogP contribution in [-0.2, 0) is 0 Å². The fourth-order valence-electron chi connectivity index (χ4n) is 3.22. The van der Waals surface area contributed by atoms with Crippen LogP contribution in [0.15, 0.2) is 48.4 Å². The van der Waals surface area contributed by atoms with Crippen LogP contribution in [0.5, 0.6) is 5.88 Å². The first-order chi connectivity index (χ1) is 15.9. The van der Waals surface area contributed by atoms with E-state index in [1.807, 2.05) is 23.6 Å². The number of rotatable bonds is 7. The normalized spacial score (nSPS) is 13.9. The summed E-state index contributed by atoms with van der Waals surface area (Å²) in [7, 11) is 0. The Morgan fingerprint density at radius 3 is 2.70 bits per heavy atom. The van der Waals surface area contributed by atoms with Crippen molar-refractivity contribution < 1.29 is 22.7 Å². The van der Waals surface area contributed by atoms with Crippen LogP contribution < -0.4 is 10.1 Å². The third-order valence-electron chi connectivity index (χ3n) is 5.17. The zero-order chi connectivity index (χ0) is 23.0. The first-order valence-corrected chi connectivity index (χ1v) is 11.1. The van der Waals surface area contributed by atoms with Gasteiger partial charge in [0, 0.05) is 41.3 Å². The number of carbonyl (C=O) groups excluding carboxylic acids is 1. The van der Waals surface area contributed by atoms with Crippen LogP contribution >= 0.6 is 11.3 Å². The van der Waals surface area contributed by atoms with Crippen LogP contribution in [0, 0.1) is 5.92 Å². The number of halogens is 3. The van der Waals surface area contributed by atoms with Crippen molar-refractivity contribution in [1.82, 2.24) is 24.9 Å². The van der Waals surface area contributed by atoms with Crippen molar-refractivity contribution in [2.45, 2.75) is 19.0 Å². The quantitative estimate of drug-likeness (QED) is 0.424. The lowest BCUT2D eigenvalue weighted by Gasteiger charge is -2.06. The van der Waals surface area contributed by atoms with Crippen molar-refractivity contribution in [3.05, 3.63) is 53.2 Å². The fraction of sp³-hybridized carbons (Fsp3) is 0.273. The van der Waals surface area contributed by atoms with Gasteiger partial charge in [0.1, 0.15) is 6.54 Å². The van der Waals surface area contributed by atoms with Gasteiger partial charge in [-0.25, -0.2) is 14.5 Å². The summed E-state index contributed by atoms with van der Waals surface area (Å²) in [6.45, 7) is -0.674. The molecule has 4 heterocycles. The van der Waals surface area contributed by atoms with Crippen molar-refractivity contribution in [3.63, 3.8) is 0 Å². The molecule has 7 nitrogen and oxygen atoms in total. The molecule has 170 valence electrons. The molecule has 33 heavy (non-hydrogen) atoms. The first-order valence-electron chi connectivity index (χ1n) is 10.2.